The van der Waals surface area contributed by atoms with Crippen molar-refractivity contribution in [3.05, 3.63) is 64.7 Å². The molecule has 0 unspecified atom stereocenters. The second-order valence-electron chi connectivity index (χ2n) is 5.87. The number of rotatable bonds is 4. The fourth-order valence-electron chi connectivity index (χ4n) is 2.85. The SMILES string of the molecule is CCC1=NN(C(=O)c2cccc(Cl)c2)[C@@](O)(c2ccc(OC)cc2)C1. The third-order valence-electron chi connectivity index (χ3n) is 4.27. The van der Waals surface area contributed by atoms with E-state index in [2.05, 4.69) is 5.10 Å². The Morgan fingerprint density at radius 3 is 2.64 bits per heavy atom. The van der Waals surface area contributed by atoms with Crippen molar-refractivity contribution in [3.63, 3.8) is 0 Å². The van der Waals surface area contributed by atoms with Crippen molar-refractivity contribution >= 4 is 23.2 Å². The number of methoxy groups -OCH3 is 1. The summed E-state index contributed by atoms with van der Waals surface area (Å²) in [5.41, 5.74) is 0.182. The number of carbonyl (C=O) groups excluding carboxylic acids is 1. The molecular formula is C19H19ClN2O3. The van der Waals surface area contributed by atoms with Gasteiger partial charge in [0.15, 0.2) is 5.72 Å². The van der Waals surface area contributed by atoms with Gasteiger partial charge in [0.1, 0.15) is 5.75 Å². The van der Waals surface area contributed by atoms with Gasteiger partial charge in [0, 0.05) is 28.3 Å². The van der Waals surface area contributed by atoms with Gasteiger partial charge in [0.05, 0.1) is 7.11 Å². The Morgan fingerprint density at radius 1 is 1.32 bits per heavy atom. The minimum atomic E-state index is -1.53. The first-order valence-corrected chi connectivity index (χ1v) is 8.39. The fraction of sp³-hybridized carbons (Fsp3) is 0.263. The maximum absolute atomic E-state index is 12.9. The van der Waals surface area contributed by atoms with Crippen molar-refractivity contribution in [1.82, 2.24) is 5.01 Å². The van der Waals surface area contributed by atoms with Crippen molar-refractivity contribution < 1.29 is 14.6 Å². The molecule has 5 nitrogen and oxygen atoms in total. The predicted molar refractivity (Wildman–Crippen MR) is 96.9 cm³/mol. The predicted octanol–water partition coefficient (Wildman–Crippen LogP) is 3.81. The molecule has 0 saturated carbocycles. The third kappa shape index (κ3) is 3.25. The highest BCUT2D eigenvalue weighted by molar-refractivity contribution is 6.31. The van der Waals surface area contributed by atoms with Crippen molar-refractivity contribution in [2.75, 3.05) is 7.11 Å². The van der Waals surface area contributed by atoms with Gasteiger partial charge in [-0.25, -0.2) is 0 Å². The van der Waals surface area contributed by atoms with Gasteiger partial charge in [0.2, 0.25) is 0 Å². The first kappa shape index (κ1) is 17.5. The molecule has 0 aliphatic carbocycles. The summed E-state index contributed by atoms with van der Waals surface area (Å²) in [6, 6.07) is 13.6. The molecule has 0 fully saturated rings. The average molecular weight is 359 g/mol. The summed E-state index contributed by atoms with van der Waals surface area (Å²) < 4.78 is 5.16. The maximum atomic E-state index is 12.9. The first-order chi connectivity index (χ1) is 12.0. The van der Waals surface area contributed by atoms with Gasteiger partial charge in [-0.3, -0.25) is 4.79 Å². The van der Waals surface area contributed by atoms with E-state index in [9.17, 15) is 9.90 Å². The number of hydrogen-bond donors (Lipinski definition) is 1. The van der Waals surface area contributed by atoms with Crippen LogP contribution < -0.4 is 4.74 Å². The molecule has 1 N–H and O–H groups in total. The van der Waals surface area contributed by atoms with Gasteiger partial charge in [-0.05, 0) is 36.8 Å². The highest BCUT2D eigenvalue weighted by Crippen LogP contribution is 2.37. The zero-order valence-electron chi connectivity index (χ0n) is 14.1. The Labute approximate surface area is 151 Å². The molecule has 0 saturated heterocycles. The van der Waals surface area contributed by atoms with E-state index in [1.807, 2.05) is 6.92 Å². The van der Waals surface area contributed by atoms with E-state index < -0.39 is 11.6 Å². The van der Waals surface area contributed by atoms with Crippen LogP contribution in [0.5, 0.6) is 5.75 Å². The van der Waals surface area contributed by atoms with Crippen LogP contribution in [0, 0.1) is 0 Å². The molecule has 1 amide bonds. The number of benzene rings is 2. The van der Waals surface area contributed by atoms with Crippen LogP contribution in [0.25, 0.3) is 0 Å². The molecule has 1 aliphatic rings. The lowest BCUT2D eigenvalue weighted by molar-refractivity contribution is -0.0765. The number of ether oxygens (including phenoxy) is 1. The van der Waals surface area contributed by atoms with Crippen LogP contribution in [-0.2, 0) is 5.72 Å². The Hall–Kier alpha value is -2.37. The topological polar surface area (TPSA) is 62.1 Å². The van der Waals surface area contributed by atoms with Gasteiger partial charge in [0.25, 0.3) is 5.91 Å². The summed E-state index contributed by atoms with van der Waals surface area (Å²) in [7, 11) is 1.58. The lowest BCUT2D eigenvalue weighted by Gasteiger charge is -2.31. The largest absolute Gasteiger partial charge is 0.497 e. The summed E-state index contributed by atoms with van der Waals surface area (Å²) >= 11 is 5.99. The minimum Gasteiger partial charge on any atom is -0.497 e. The van der Waals surface area contributed by atoms with Crippen molar-refractivity contribution in [2.45, 2.75) is 25.5 Å². The number of nitrogens with zero attached hydrogens (tertiary/aromatic N) is 2. The number of aliphatic hydroxyl groups is 1. The van der Waals surface area contributed by atoms with Crippen LogP contribution in [0.15, 0.2) is 53.6 Å². The van der Waals surface area contributed by atoms with Crippen molar-refractivity contribution in [3.8, 4) is 5.75 Å². The molecule has 0 radical (unpaired) electrons. The van der Waals surface area contributed by atoms with Gasteiger partial charge < -0.3 is 9.84 Å². The van der Waals surface area contributed by atoms with Crippen LogP contribution in [0.3, 0.4) is 0 Å². The summed E-state index contributed by atoms with van der Waals surface area (Å²) in [4.78, 5) is 12.9. The zero-order chi connectivity index (χ0) is 18.0. The Bertz CT molecular complexity index is 820. The van der Waals surface area contributed by atoms with E-state index in [4.69, 9.17) is 16.3 Å². The number of hydrazone groups is 1. The van der Waals surface area contributed by atoms with Crippen LogP contribution >= 0.6 is 11.6 Å². The molecule has 25 heavy (non-hydrogen) atoms. The molecule has 3 rings (SSSR count). The van der Waals surface area contributed by atoms with Crippen LogP contribution in [0.1, 0.15) is 35.7 Å². The smallest absolute Gasteiger partial charge is 0.276 e. The Kier molecular flexibility index (Phi) is 4.79. The van der Waals surface area contributed by atoms with E-state index in [-0.39, 0.29) is 6.42 Å². The highest BCUT2D eigenvalue weighted by Gasteiger charge is 2.45. The third-order valence-corrected chi connectivity index (χ3v) is 4.50. The quantitative estimate of drug-likeness (QED) is 0.904. The summed E-state index contributed by atoms with van der Waals surface area (Å²) in [5.74, 6) is 0.277. The van der Waals surface area contributed by atoms with E-state index in [1.165, 1.54) is 0 Å². The lowest BCUT2D eigenvalue weighted by Crippen LogP contribution is -2.43. The monoisotopic (exact) mass is 358 g/mol. The number of amides is 1. The molecule has 1 aliphatic heterocycles. The van der Waals surface area contributed by atoms with E-state index in [0.29, 0.717) is 28.3 Å². The molecule has 1 heterocycles. The molecule has 2 aromatic carbocycles. The number of carbonyl (C=O) groups is 1. The first-order valence-electron chi connectivity index (χ1n) is 8.01. The molecule has 1 atom stereocenters. The molecule has 0 bridgehead atoms. The lowest BCUT2D eigenvalue weighted by atomic mass is 9.96. The zero-order valence-corrected chi connectivity index (χ0v) is 14.8. The molecule has 0 aromatic heterocycles. The van der Waals surface area contributed by atoms with Crippen molar-refractivity contribution in [1.29, 1.82) is 0 Å². The van der Waals surface area contributed by atoms with Crippen LogP contribution in [0.2, 0.25) is 5.02 Å². The molecule has 130 valence electrons. The highest BCUT2D eigenvalue weighted by atomic mass is 35.5. The minimum absolute atomic E-state index is 0.266. The second kappa shape index (κ2) is 6.86. The summed E-state index contributed by atoms with van der Waals surface area (Å²) in [5, 5.41) is 17.3. The molecule has 0 spiro atoms. The van der Waals surface area contributed by atoms with Gasteiger partial charge in [-0.1, -0.05) is 36.7 Å². The summed E-state index contributed by atoms with van der Waals surface area (Å²) in [6.07, 6.45) is 0.917. The van der Waals surface area contributed by atoms with E-state index >= 15 is 0 Å². The summed E-state index contributed by atoms with van der Waals surface area (Å²) in [6.45, 7) is 1.95. The normalized spacial score (nSPS) is 19.7. The van der Waals surface area contributed by atoms with Gasteiger partial charge >= 0.3 is 0 Å². The number of halogens is 1. The second-order valence-corrected chi connectivity index (χ2v) is 6.31. The number of hydrogen-bond acceptors (Lipinski definition) is 4. The van der Waals surface area contributed by atoms with E-state index in [1.54, 1.807) is 55.6 Å². The van der Waals surface area contributed by atoms with Crippen LogP contribution in [-0.4, -0.2) is 28.8 Å². The molecule has 2 aromatic rings. The Morgan fingerprint density at radius 2 is 2.04 bits per heavy atom. The standard InChI is InChI=1S/C19H19ClN2O3/c1-3-16-12-19(24,14-7-9-17(25-2)10-8-14)22(21-16)18(23)13-5-4-6-15(20)11-13/h4-11,24H,3,12H2,1-2H3/t19-/m0/s1. The maximum Gasteiger partial charge on any atom is 0.276 e. The van der Waals surface area contributed by atoms with Gasteiger partial charge in [-0.2, -0.15) is 10.1 Å². The van der Waals surface area contributed by atoms with Gasteiger partial charge in [-0.15, -0.1) is 0 Å². The molecular weight excluding hydrogens is 340 g/mol. The molecule has 6 heteroatoms. The Balaban J connectivity index is 2.01. The van der Waals surface area contributed by atoms with Crippen molar-refractivity contribution in [2.24, 2.45) is 5.10 Å². The average Bonchev–Trinajstić information content (AvgIpc) is 2.99. The fourth-order valence-corrected chi connectivity index (χ4v) is 3.04. The van der Waals surface area contributed by atoms with Crippen LogP contribution in [0.4, 0.5) is 0 Å². The van der Waals surface area contributed by atoms with E-state index in [0.717, 1.165) is 10.7 Å².